The largest absolute Gasteiger partial charge is 0.216 e. The molecular weight excluding hydrogens is 198 g/mol. The van der Waals surface area contributed by atoms with Gasteiger partial charge in [-0.2, -0.15) is 4.31 Å². The quantitative estimate of drug-likeness (QED) is 0.713. The Balaban J connectivity index is 4.84. The first-order valence-corrected chi connectivity index (χ1v) is 6.70. The molecule has 14 heavy (non-hydrogen) atoms. The second kappa shape index (κ2) is 5.12. The smallest absolute Gasteiger partial charge is 0.212 e. The topological polar surface area (TPSA) is 37.4 Å². The zero-order valence-corrected chi connectivity index (χ0v) is 10.9. The molecule has 0 N–H and O–H groups in total. The third-order valence-electron chi connectivity index (χ3n) is 2.04. The standard InChI is InChI=1S/C10H23NO2S/c1-8(2)7-11(9(3)4)14(12,13)10(5)6/h8-10H,7H2,1-6H3. The van der Waals surface area contributed by atoms with E-state index in [1.165, 1.54) is 0 Å². The first-order valence-electron chi connectivity index (χ1n) is 5.20. The number of rotatable bonds is 5. The van der Waals surface area contributed by atoms with Crippen molar-refractivity contribution in [2.45, 2.75) is 52.8 Å². The van der Waals surface area contributed by atoms with Gasteiger partial charge in [0.25, 0.3) is 0 Å². The molecule has 3 nitrogen and oxygen atoms in total. The van der Waals surface area contributed by atoms with E-state index in [0.29, 0.717) is 12.5 Å². The van der Waals surface area contributed by atoms with Gasteiger partial charge in [-0.05, 0) is 33.6 Å². The lowest BCUT2D eigenvalue weighted by Crippen LogP contribution is -2.43. The Morgan fingerprint density at radius 1 is 1.00 bits per heavy atom. The Labute approximate surface area is 88.5 Å². The van der Waals surface area contributed by atoms with E-state index in [1.54, 1.807) is 18.2 Å². The molecule has 0 atom stereocenters. The van der Waals surface area contributed by atoms with Crippen molar-refractivity contribution in [1.82, 2.24) is 4.31 Å². The van der Waals surface area contributed by atoms with Crippen LogP contribution in [0.25, 0.3) is 0 Å². The Hall–Kier alpha value is -0.0900. The van der Waals surface area contributed by atoms with Crippen LogP contribution in [0.4, 0.5) is 0 Å². The van der Waals surface area contributed by atoms with Crippen LogP contribution < -0.4 is 0 Å². The Morgan fingerprint density at radius 3 is 1.64 bits per heavy atom. The lowest BCUT2D eigenvalue weighted by Gasteiger charge is -2.29. The van der Waals surface area contributed by atoms with Gasteiger partial charge in [-0.1, -0.05) is 13.8 Å². The van der Waals surface area contributed by atoms with Gasteiger partial charge in [-0.15, -0.1) is 0 Å². The van der Waals surface area contributed by atoms with E-state index in [4.69, 9.17) is 0 Å². The predicted molar refractivity (Wildman–Crippen MR) is 60.7 cm³/mol. The van der Waals surface area contributed by atoms with Gasteiger partial charge in [-0.25, -0.2) is 8.42 Å². The number of hydrogen-bond donors (Lipinski definition) is 0. The molecule has 0 saturated carbocycles. The zero-order valence-electron chi connectivity index (χ0n) is 10.1. The van der Waals surface area contributed by atoms with Crippen molar-refractivity contribution in [3.05, 3.63) is 0 Å². The van der Waals surface area contributed by atoms with Gasteiger partial charge in [0, 0.05) is 12.6 Å². The molecule has 0 aromatic carbocycles. The van der Waals surface area contributed by atoms with Crippen LogP contribution in [-0.4, -0.2) is 30.6 Å². The summed E-state index contributed by atoms with van der Waals surface area (Å²) >= 11 is 0. The number of hydrogen-bond acceptors (Lipinski definition) is 2. The van der Waals surface area contributed by atoms with Crippen LogP contribution in [0.3, 0.4) is 0 Å². The van der Waals surface area contributed by atoms with Crippen molar-refractivity contribution in [3.8, 4) is 0 Å². The van der Waals surface area contributed by atoms with Gasteiger partial charge in [-0.3, -0.25) is 0 Å². The van der Waals surface area contributed by atoms with E-state index >= 15 is 0 Å². The van der Waals surface area contributed by atoms with Crippen LogP contribution in [0.15, 0.2) is 0 Å². The third-order valence-corrected chi connectivity index (χ3v) is 4.46. The summed E-state index contributed by atoms with van der Waals surface area (Å²) in [6.07, 6.45) is 0. The Bertz CT molecular complexity index is 255. The average molecular weight is 221 g/mol. The second-order valence-electron chi connectivity index (χ2n) is 4.65. The molecular formula is C10H23NO2S. The van der Waals surface area contributed by atoms with Crippen LogP contribution in [0, 0.1) is 5.92 Å². The summed E-state index contributed by atoms with van der Waals surface area (Å²) in [5.41, 5.74) is 0. The SMILES string of the molecule is CC(C)CN(C(C)C)S(=O)(=O)C(C)C. The fraction of sp³-hybridized carbons (Fsp3) is 1.00. The van der Waals surface area contributed by atoms with Crippen LogP contribution in [0.5, 0.6) is 0 Å². The van der Waals surface area contributed by atoms with Gasteiger partial charge >= 0.3 is 0 Å². The summed E-state index contributed by atoms with van der Waals surface area (Å²) in [5, 5.41) is -0.330. The zero-order chi connectivity index (χ0) is 11.5. The molecule has 86 valence electrons. The summed E-state index contributed by atoms with van der Waals surface area (Å²) in [7, 11) is -3.10. The fourth-order valence-corrected chi connectivity index (χ4v) is 2.87. The Morgan fingerprint density at radius 2 is 1.43 bits per heavy atom. The number of sulfonamides is 1. The Kier molecular flexibility index (Phi) is 5.09. The van der Waals surface area contributed by atoms with Crippen molar-refractivity contribution in [1.29, 1.82) is 0 Å². The molecule has 0 aliphatic heterocycles. The van der Waals surface area contributed by atoms with Crippen molar-refractivity contribution in [2.24, 2.45) is 5.92 Å². The minimum Gasteiger partial charge on any atom is -0.212 e. The molecule has 0 aliphatic rings. The normalized spacial score (nSPS) is 13.6. The van der Waals surface area contributed by atoms with Crippen molar-refractivity contribution < 1.29 is 8.42 Å². The summed E-state index contributed by atoms with van der Waals surface area (Å²) in [4.78, 5) is 0. The summed E-state index contributed by atoms with van der Waals surface area (Å²) < 4.78 is 25.5. The molecule has 0 aliphatic carbocycles. The van der Waals surface area contributed by atoms with E-state index in [2.05, 4.69) is 0 Å². The molecule has 4 heteroatoms. The van der Waals surface area contributed by atoms with E-state index in [0.717, 1.165) is 0 Å². The highest BCUT2D eigenvalue weighted by atomic mass is 32.2. The molecule has 0 radical (unpaired) electrons. The molecule has 0 bridgehead atoms. The van der Waals surface area contributed by atoms with Gasteiger partial charge in [0.2, 0.25) is 10.0 Å². The molecule has 0 unspecified atom stereocenters. The molecule has 0 rings (SSSR count). The lowest BCUT2D eigenvalue weighted by molar-refractivity contribution is 0.316. The molecule has 0 heterocycles. The third kappa shape index (κ3) is 3.58. The molecule has 0 saturated heterocycles. The highest BCUT2D eigenvalue weighted by molar-refractivity contribution is 7.89. The first-order chi connectivity index (χ1) is 6.19. The summed E-state index contributed by atoms with van der Waals surface area (Å²) in [6, 6.07) is 0.0461. The summed E-state index contributed by atoms with van der Waals surface area (Å²) in [5.74, 6) is 0.367. The highest BCUT2D eigenvalue weighted by Crippen LogP contribution is 2.14. The van der Waals surface area contributed by atoms with E-state index in [9.17, 15) is 8.42 Å². The molecule has 0 aromatic heterocycles. The molecule has 0 spiro atoms. The maximum atomic E-state index is 11.9. The predicted octanol–water partition coefficient (Wildman–Crippen LogP) is 2.09. The van der Waals surface area contributed by atoms with E-state index in [1.807, 2.05) is 27.7 Å². The highest BCUT2D eigenvalue weighted by Gasteiger charge is 2.28. The second-order valence-corrected chi connectivity index (χ2v) is 7.09. The summed E-state index contributed by atoms with van der Waals surface area (Å²) in [6.45, 7) is 12.0. The van der Waals surface area contributed by atoms with E-state index in [-0.39, 0.29) is 11.3 Å². The minimum atomic E-state index is -3.10. The molecule has 0 aromatic rings. The monoisotopic (exact) mass is 221 g/mol. The molecule has 0 fully saturated rings. The van der Waals surface area contributed by atoms with Gasteiger partial charge < -0.3 is 0 Å². The van der Waals surface area contributed by atoms with Crippen molar-refractivity contribution in [2.75, 3.05) is 6.54 Å². The van der Waals surface area contributed by atoms with Gasteiger partial charge in [0.05, 0.1) is 5.25 Å². The maximum absolute atomic E-state index is 11.9. The maximum Gasteiger partial charge on any atom is 0.216 e. The van der Waals surface area contributed by atoms with Crippen molar-refractivity contribution >= 4 is 10.0 Å². The molecule has 0 amide bonds. The minimum absolute atomic E-state index is 0.0461. The lowest BCUT2D eigenvalue weighted by atomic mass is 10.2. The fourth-order valence-electron chi connectivity index (χ4n) is 1.24. The van der Waals surface area contributed by atoms with Crippen LogP contribution in [-0.2, 0) is 10.0 Å². The van der Waals surface area contributed by atoms with Crippen LogP contribution >= 0.6 is 0 Å². The average Bonchev–Trinajstić information content (AvgIpc) is 1.98. The number of nitrogens with zero attached hydrogens (tertiary/aromatic N) is 1. The van der Waals surface area contributed by atoms with E-state index < -0.39 is 10.0 Å². The van der Waals surface area contributed by atoms with Crippen LogP contribution in [0.2, 0.25) is 0 Å². The van der Waals surface area contributed by atoms with Gasteiger partial charge in [0.15, 0.2) is 0 Å². The van der Waals surface area contributed by atoms with Crippen LogP contribution in [0.1, 0.15) is 41.5 Å². The van der Waals surface area contributed by atoms with Crippen molar-refractivity contribution in [3.63, 3.8) is 0 Å². The first kappa shape index (κ1) is 13.9. The van der Waals surface area contributed by atoms with Gasteiger partial charge in [0.1, 0.15) is 0 Å².